The highest BCUT2D eigenvalue weighted by Crippen LogP contribution is 2.32. The number of allylic oxidation sites excluding steroid dienone is 2. The Hall–Kier alpha value is -0.303. The van der Waals surface area contributed by atoms with Crippen LogP contribution in [0.1, 0.15) is 52.4 Å². The maximum Gasteiger partial charge on any atom is 0.101 e. The van der Waals surface area contributed by atoms with Crippen molar-refractivity contribution < 1.29 is 0 Å². The first-order chi connectivity index (χ1) is 7.33. The van der Waals surface area contributed by atoms with Crippen LogP contribution in [-0.2, 0) is 0 Å². The average molecular weight is 222 g/mol. The maximum absolute atomic E-state index is 2.62. The molecule has 0 unspecified atom stereocenters. The summed E-state index contributed by atoms with van der Waals surface area (Å²) in [6.45, 7) is 4.53. The Morgan fingerprint density at radius 2 is 1.33 bits per heavy atom. The van der Waals surface area contributed by atoms with E-state index in [-0.39, 0.29) is 0 Å². The largest absolute Gasteiger partial charge is 0.101 e. The molecule has 1 aliphatic heterocycles. The fourth-order valence-corrected chi connectivity index (χ4v) is 6.51. The summed E-state index contributed by atoms with van der Waals surface area (Å²) in [5.74, 6) is 0. The van der Waals surface area contributed by atoms with Crippen molar-refractivity contribution in [1.82, 2.24) is 0 Å². The van der Waals surface area contributed by atoms with Crippen LogP contribution in [0.5, 0.6) is 0 Å². The summed E-state index contributed by atoms with van der Waals surface area (Å²) in [6, 6.07) is 3.01. The quantitative estimate of drug-likeness (QED) is 0.554. The second-order valence-corrected chi connectivity index (χ2v) is 8.96. The third-order valence-electron chi connectivity index (χ3n) is 3.34. The van der Waals surface area contributed by atoms with Crippen LogP contribution in [0.4, 0.5) is 0 Å². The normalized spacial score (nSPS) is 20.7. The summed E-state index contributed by atoms with van der Waals surface area (Å²) in [7, 11) is -1.07. The third-order valence-corrected chi connectivity index (χ3v) is 7.71. The molecule has 0 nitrogen and oxygen atoms in total. The average Bonchev–Trinajstić information content (AvgIpc) is 2.68. The molecule has 0 spiro atoms. The standard InChI is InChI=1S/C14H26Si/c1-3-5-7-11-15(12-8-6-4-2)13-9-10-14-15/h7-8,11-12H,3-6,9-10,13-14H2,1-2H3. The van der Waals surface area contributed by atoms with Crippen LogP contribution in [0.15, 0.2) is 23.6 Å². The Kier molecular flexibility index (Phi) is 6.00. The van der Waals surface area contributed by atoms with Crippen molar-refractivity contribution in [2.75, 3.05) is 0 Å². The lowest BCUT2D eigenvalue weighted by Gasteiger charge is -2.17. The number of rotatable bonds is 6. The van der Waals surface area contributed by atoms with E-state index in [0.717, 1.165) is 0 Å². The minimum absolute atomic E-state index is 1.07. The maximum atomic E-state index is 2.62. The molecule has 0 N–H and O–H groups in total. The van der Waals surface area contributed by atoms with Crippen molar-refractivity contribution in [2.24, 2.45) is 0 Å². The summed E-state index contributed by atoms with van der Waals surface area (Å²) in [5, 5.41) is 0. The molecule has 0 bridgehead atoms. The van der Waals surface area contributed by atoms with Gasteiger partial charge in [-0.05, 0) is 12.8 Å². The second-order valence-electron chi connectivity index (χ2n) is 4.82. The van der Waals surface area contributed by atoms with Gasteiger partial charge in [-0.1, -0.05) is 75.2 Å². The minimum atomic E-state index is -1.07. The molecular formula is C14H26Si. The zero-order valence-corrected chi connectivity index (χ0v) is 11.5. The van der Waals surface area contributed by atoms with Gasteiger partial charge in [0.15, 0.2) is 0 Å². The Labute approximate surface area is 96.5 Å². The predicted molar refractivity (Wildman–Crippen MR) is 72.7 cm³/mol. The molecule has 0 aliphatic carbocycles. The number of hydrogen-bond acceptors (Lipinski definition) is 0. The molecule has 0 amide bonds. The second kappa shape index (κ2) is 7.05. The van der Waals surface area contributed by atoms with Crippen molar-refractivity contribution in [3.63, 3.8) is 0 Å². The van der Waals surface area contributed by atoms with Gasteiger partial charge in [0.05, 0.1) is 0 Å². The van der Waals surface area contributed by atoms with E-state index >= 15 is 0 Å². The van der Waals surface area contributed by atoms with Crippen LogP contribution in [0.2, 0.25) is 12.1 Å². The van der Waals surface area contributed by atoms with E-state index in [1.165, 1.54) is 50.6 Å². The number of unbranched alkanes of at least 4 members (excludes halogenated alkanes) is 2. The van der Waals surface area contributed by atoms with Crippen molar-refractivity contribution in [2.45, 2.75) is 64.5 Å². The first-order valence-corrected chi connectivity index (χ1v) is 9.25. The molecule has 1 heterocycles. The molecule has 1 heteroatoms. The summed E-state index contributed by atoms with van der Waals surface area (Å²) >= 11 is 0. The highest BCUT2D eigenvalue weighted by molar-refractivity contribution is 6.89. The Bertz CT molecular complexity index is 191. The van der Waals surface area contributed by atoms with Gasteiger partial charge in [-0.25, -0.2) is 0 Å². The van der Waals surface area contributed by atoms with Gasteiger partial charge in [0.2, 0.25) is 0 Å². The van der Waals surface area contributed by atoms with E-state index in [2.05, 4.69) is 37.4 Å². The van der Waals surface area contributed by atoms with E-state index < -0.39 is 8.07 Å². The molecule has 1 fully saturated rings. The van der Waals surface area contributed by atoms with Crippen LogP contribution in [0.25, 0.3) is 0 Å². The van der Waals surface area contributed by atoms with Crippen LogP contribution in [-0.4, -0.2) is 8.07 Å². The van der Waals surface area contributed by atoms with E-state index in [1.807, 2.05) is 0 Å². The zero-order valence-electron chi connectivity index (χ0n) is 10.5. The van der Waals surface area contributed by atoms with Gasteiger partial charge < -0.3 is 0 Å². The van der Waals surface area contributed by atoms with Crippen molar-refractivity contribution >= 4 is 8.07 Å². The predicted octanol–water partition coefficient (Wildman–Crippen LogP) is 5.02. The smallest absolute Gasteiger partial charge is 0.0944 e. The molecule has 1 saturated heterocycles. The van der Waals surface area contributed by atoms with E-state index in [0.29, 0.717) is 0 Å². The van der Waals surface area contributed by atoms with Gasteiger partial charge in [0.1, 0.15) is 8.07 Å². The first-order valence-electron chi connectivity index (χ1n) is 6.68. The van der Waals surface area contributed by atoms with Crippen molar-refractivity contribution in [3.8, 4) is 0 Å². The molecule has 1 rings (SSSR count). The summed E-state index contributed by atoms with van der Waals surface area (Å²) in [5.41, 5.74) is 5.24. The molecule has 0 aromatic rings. The third kappa shape index (κ3) is 4.37. The van der Waals surface area contributed by atoms with Crippen LogP contribution < -0.4 is 0 Å². The molecule has 0 atom stereocenters. The van der Waals surface area contributed by atoms with Gasteiger partial charge in [-0.15, -0.1) is 0 Å². The zero-order chi connectivity index (χ0) is 11.0. The van der Waals surface area contributed by atoms with Gasteiger partial charge in [-0.3, -0.25) is 0 Å². The summed E-state index contributed by atoms with van der Waals surface area (Å²) in [6.07, 6.45) is 13.0. The SMILES string of the molecule is CCCC=C[Si]1(C=CCCC)CCCC1. The Morgan fingerprint density at radius 1 is 0.867 bits per heavy atom. The monoisotopic (exact) mass is 222 g/mol. The molecule has 0 radical (unpaired) electrons. The fraction of sp³-hybridized carbons (Fsp3) is 0.714. The van der Waals surface area contributed by atoms with E-state index in [4.69, 9.17) is 0 Å². The van der Waals surface area contributed by atoms with Crippen LogP contribution in [0.3, 0.4) is 0 Å². The molecule has 86 valence electrons. The Balaban J connectivity index is 2.53. The van der Waals surface area contributed by atoms with Gasteiger partial charge in [-0.2, -0.15) is 0 Å². The molecule has 0 aromatic heterocycles. The lowest BCUT2D eigenvalue weighted by molar-refractivity contribution is 0.935. The van der Waals surface area contributed by atoms with E-state index in [9.17, 15) is 0 Å². The van der Waals surface area contributed by atoms with E-state index in [1.54, 1.807) is 0 Å². The molecule has 1 aliphatic rings. The highest BCUT2D eigenvalue weighted by Gasteiger charge is 2.30. The molecule has 0 saturated carbocycles. The van der Waals surface area contributed by atoms with Gasteiger partial charge in [0.25, 0.3) is 0 Å². The van der Waals surface area contributed by atoms with Gasteiger partial charge in [0, 0.05) is 0 Å². The Morgan fingerprint density at radius 3 is 1.73 bits per heavy atom. The van der Waals surface area contributed by atoms with Crippen molar-refractivity contribution in [3.05, 3.63) is 23.6 Å². The van der Waals surface area contributed by atoms with Crippen LogP contribution >= 0.6 is 0 Å². The molecular weight excluding hydrogens is 196 g/mol. The molecule has 15 heavy (non-hydrogen) atoms. The summed E-state index contributed by atoms with van der Waals surface area (Å²) < 4.78 is 0. The number of hydrogen-bond donors (Lipinski definition) is 0. The highest BCUT2D eigenvalue weighted by atomic mass is 28.3. The van der Waals surface area contributed by atoms with Gasteiger partial charge >= 0.3 is 0 Å². The fourth-order valence-electron chi connectivity index (χ4n) is 2.39. The topological polar surface area (TPSA) is 0 Å². The minimum Gasteiger partial charge on any atom is -0.0944 e. The van der Waals surface area contributed by atoms with Crippen LogP contribution in [0, 0.1) is 0 Å². The summed E-state index contributed by atoms with van der Waals surface area (Å²) in [4.78, 5) is 0. The first kappa shape index (κ1) is 12.8. The van der Waals surface area contributed by atoms with Crippen molar-refractivity contribution in [1.29, 1.82) is 0 Å². The lowest BCUT2D eigenvalue weighted by atomic mass is 10.3. The molecule has 0 aromatic carbocycles. The lowest BCUT2D eigenvalue weighted by Crippen LogP contribution is -2.24.